The predicted molar refractivity (Wildman–Crippen MR) is 92.1 cm³/mol. The molecule has 1 N–H and O–H groups in total. The highest BCUT2D eigenvalue weighted by Crippen LogP contribution is 2.24. The number of rotatable bonds is 4. The molecule has 2 aliphatic rings. The molecular formula is C18H27ClF2N2. The highest BCUT2D eigenvalue weighted by atomic mass is 35.5. The molecule has 0 saturated carbocycles. The van der Waals surface area contributed by atoms with Gasteiger partial charge in [0, 0.05) is 6.54 Å². The fourth-order valence-electron chi connectivity index (χ4n) is 3.82. The van der Waals surface area contributed by atoms with E-state index in [4.69, 9.17) is 0 Å². The van der Waals surface area contributed by atoms with Gasteiger partial charge in [0.15, 0.2) is 11.6 Å². The zero-order valence-corrected chi connectivity index (χ0v) is 14.4. The molecule has 5 heteroatoms. The normalized spacial score (nSPS) is 23.5. The minimum atomic E-state index is -0.750. The zero-order chi connectivity index (χ0) is 15.4. The maximum Gasteiger partial charge on any atom is 0.159 e. The number of halogens is 3. The summed E-state index contributed by atoms with van der Waals surface area (Å²) in [5, 5.41) is 3.48. The number of hydrogen-bond donors (Lipinski definition) is 1. The fourth-order valence-corrected chi connectivity index (χ4v) is 3.82. The minimum absolute atomic E-state index is 0. The van der Waals surface area contributed by atoms with Crippen LogP contribution in [0, 0.1) is 23.5 Å². The second-order valence-electron chi connectivity index (χ2n) is 6.91. The summed E-state index contributed by atoms with van der Waals surface area (Å²) in [7, 11) is 0. The van der Waals surface area contributed by atoms with Crippen LogP contribution >= 0.6 is 12.4 Å². The average molecular weight is 345 g/mol. The molecule has 1 aromatic rings. The largest absolute Gasteiger partial charge is 0.316 e. The van der Waals surface area contributed by atoms with Gasteiger partial charge in [-0.2, -0.15) is 0 Å². The van der Waals surface area contributed by atoms with Gasteiger partial charge in [-0.05, 0) is 87.8 Å². The third kappa shape index (κ3) is 5.40. The lowest BCUT2D eigenvalue weighted by molar-refractivity contribution is 0.150. The van der Waals surface area contributed by atoms with E-state index in [0.29, 0.717) is 5.92 Å². The SMILES string of the molecule is Cl.Fc1ccc(CC2CCN(CC3CCCNC3)CC2)cc1F. The Morgan fingerprint density at radius 2 is 1.83 bits per heavy atom. The van der Waals surface area contributed by atoms with Gasteiger partial charge in [-0.1, -0.05) is 6.07 Å². The van der Waals surface area contributed by atoms with E-state index >= 15 is 0 Å². The lowest BCUT2D eigenvalue weighted by Gasteiger charge is -2.35. The Morgan fingerprint density at radius 1 is 1.04 bits per heavy atom. The number of benzene rings is 1. The summed E-state index contributed by atoms with van der Waals surface area (Å²) in [6, 6.07) is 4.32. The monoisotopic (exact) mass is 344 g/mol. The van der Waals surface area contributed by atoms with Crippen molar-refractivity contribution >= 4 is 12.4 Å². The molecule has 0 aliphatic carbocycles. The Hall–Kier alpha value is -0.710. The topological polar surface area (TPSA) is 15.3 Å². The van der Waals surface area contributed by atoms with Crippen LogP contribution in [0.3, 0.4) is 0 Å². The van der Waals surface area contributed by atoms with Gasteiger partial charge in [0.2, 0.25) is 0 Å². The predicted octanol–water partition coefficient (Wildman–Crippen LogP) is 3.64. The third-order valence-corrected chi connectivity index (χ3v) is 5.13. The first kappa shape index (κ1) is 18.6. The minimum Gasteiger partial charge on any atom is -0.316 e. The fraction of sp³-hybridized carbons (Fsp3) is 0.667. The number of nitrogens with zero attached hydrogens (tertiary/aromatic N) is 1. The van der Waals surface area contributed by atoms with Crippen LogP contribution in [0.15, 0.2) is 18.2 Å². The summed E-state index contributed by atoms with van der Waals surface area (Å²) in [5.74, 6) is -0.0681. The lowest BCUT2D eigenvalue weighted by atomic mass is 9.89. The summed E-state index contributed by atoms with van der Waals surface area (Å²) in [6.45, 7) is 5.84. The summed E-state index contributed by atoms with van der Waals surface area (Å²) in [5.41, 5.74) is 0.925. The van der Waals surface area contributed by atoms with E-state index < -0.39 is 11.6 Å². The van der Waals surface area contributed by atoms with E-state index in [1.165, 1.54) is 50.9 Å². The van der Waals surface area contributed by atoms with Crippen molar-refractivity contribution in [1.29, 1.82) is 0 Å². The Bertz CT molecular complexity index is 484. The lowest BCUT2D eigenvalue weighted by Crippen LogP contribution is -2.42. The van der Waals surface area contributed by atoms with Crippen molar-refractivity contribution in [3.63, 3.8) is 0 Å². The van der Waals surface area contributed by atoms with Gasteiger partial charge in [-0.25, -0.2) is 8.78 Å². The van der Waals surface area contributed by atoms with Gasteiger partial charge in [0.05, 0.1) is 0 Å². The Kier molecular flexibility index (Phi) is 7.25. The van der Waals surface area contributed by atoms with Gasteiger partial charge in [-0.3, -0.25) is 0 Å². The van der Waals surface area contributed by atoms with Gasteiger partial charge >= 0.3 is 0 Å². The molecule has 2 heterocycles. The third-order valence-electron chi connectivity index (χ3n) is 5.13. The molecule has 2 saturated heterocycles. The van der Waals surface area contributed by atoms with Crippen molar-refractivity contribution in [3.05, 3.63) is 35.4 Å². The van der Waals surface area contributed by atoms with Crippen LogP contribution in [0.25, 0.3) is 0 Å². The molecule has 1 unspecified atom stereocenters. The maximum absolute atomic E-state index is 13.3. The van der Waals surface area contributed by atoms with Crippen LogP contribution in [0.2, 0.25) is 0 Å². The molecule has 1 atom stereocenters. The van der Waals surface area contributed by atoms with Crippen LogP contribution in [0.5, 0.6) is 0 Å². The zero-order valence-electron chi connectivity index (χ0n) is 13.6. The standard InChI is InChI=1S/C18H26F2N2.ClH/c19-17-4-3-15(11-18(17)20)10-14-5-8-22(9-6-14)13-16-2-1-7-21-12-16;/h3-4,11,14,16,21H,1-2,5-10,12-13H2;1H. The molecule has 1 aromatic carbocycles. The molecule has 2 fully saturated rings. The number of piperidine rings is 2. The molecule has 130 valence electrons. The molecule has 0 bridgehead atoms. The first-order valence-corrected chi connectivity index (χ1v) is 8.57. The van der Waals surface area contributed by atoms with Crippen LogP contribution in [-0.2, 0) is 6.42 Å². The quantitative estimate of drug-likeness (QED) is 0.897. The highest BCUT2D eigenvalue weighted by Gasteiger charge is 2.23. The highest BCUT2D eigenvalue weighted by molar-refractivity contribution is 5.85. The molecule has 0 spiro atoms. The summed E-state index contributed by atoms with van der Waals surface area (Å²) in [4.78, 5) is 2.58. The molecule has 23 heavy (non-hydrogen) atoms. The van der Waals surface area contributed by atoms with Crippen molar-refractivity contribution in [2.45, 2.75) is 32.1 Å². The maximum atomic E-state index is 13.3. The second-order valence-corrected chi connectivity index (χ2v) is 6.91. The molecule has 0 aromatic heterocycles. The first-order valence-electron chi connectivity index (χ1n) is 8.57. The van der Waals surface area contributed by atoms with E-state index in [9.17, 15) is 8.78 Å². The van der Waals surface area contributed by atoms with E-state index in [1.807, 2.05) is 0 Å². The van der Waals surface area contributed by atoms with Crippen molar-refractivity contribution in [2.75, 3.05) is 32.7 Å². The molecule has 2 nitrogen and oxygen atoms in total. The Balaban J connectivity index is 0.00000192. The van der Waals surface area contributed by atoms with Gasteiger partial charge < -0.3 is 10.2 Å². The van der Waals surface area contributed by atoms with Crippen LogP contribution < -0.4 is 5.32 Å². The smallest absolute Gasteiger partial charge is 0.159 e. The first-order chi connectivity index (χ1) is 10.7. The second kappa shape index (κ2) is 8.95. The summed E-state index contributed by atoms with van der Waals surface area (Å²) in [6.07, 6.45) is 5.85. The number of nitrogens with one attached hydrogen (secondary N) is 1. The van der Waals surface area contributed by atoms with Crippen molar-refractivity contribution in [2.24, 2.45) is 11.8 Å². The van der Waals surface area contributed by atoms with E-state index in [0.717, 1.165) is 37.5 Å². The molecule has 0 radical (unpaired) electrons. The van der Waals surface area contributed by atoms with Crippen LogP contribution in [0.4, 0.5) is 8.78 Å². The molecular weight excluding hydrogens is 318 g/mol. The van der Waals surface area contributed by atoms with Crippen molar-refractivity contribution < 1.29 is 8.78 Å². The van der Waals surface area contributed by atoms with Gasteiger partial charge in [-0.15, -0.1) is 12.4 Å². The van der Waals surface area contributed by atoms with E-state index in [-0.39, 0.29) is 12.4 Å². The van der Waals surface area contributed by atoms with Gasteiger partial charge in [0.25, 0.3) is 0 Å². The molecule has 0 amide bonds. The molecule has 3 rings (SSSR count). The Labute approximate surface area is 144 Å². The average Bonchev–Trinajstić information content (AvgIpc) is 2.54. The van der Waals surface area contributed by atoms with Gasteiger partial charge in [0.1, 0.15) is 0 Å². The van der Waals surface area contributed by atoms with Crippen molar-refractivity contribution in [1.82, 2.24) is 10.2 Å². The number of hydrogen-bond acceptors (Lipinski definition) is 2. The number of likely N-dealkylation sites (tertiary alicyclic amines) is 1. The van der Waals surface area contributed by atoms with E-state index in [1.54, 1.807) is 6.07 Å². The Morgan fingerprint density at radius 3 is 2.48 bits per heavy atom. The van der Waals surface area contributed by atoms with Crippen molar-refractivity contribution in [3.8, 4) is 0 Å². The summed E-state index contributed by atoms with van der Waals surface area (Å²) >= 11 is 0. The summed E-state index contributed by atoms with van der Waals surface area (Å²) < 4.78 is 26.2. The molecule has 2 aliphatic heterocycles. The van der Waals surface area contributed by atoms with Crippen LogP contribution in [0.1, 0.15) is 31.2 Å². The van der Waals surface area contributed by atoms with E-state index in [2.05, 4.69) is 10.2 Å². The van der Waals surface area contributed by atoms with Crippen LogP contribution in [-0.4, -0.2) is 37.6 Å².